The van der Waals surface area contributed by atoms with Gasteiger partial charge in [0.1, 0.15) is 0 Å². The van der Waals surface area contributed by atoms with Gasteiger partial charge in [-0.05, 0) is 30.5 Å². The summed E-state index contributed by atoms with van der Waals surface area (Å²) in [4.78, 5) is 12.5. The van der Waals surface area contributed by atoms with Crippen LogP contribution in [0.4, 0.5) is 0 Å². The number of pyridine rings is 1. The number of aliphatic hydroxyl groups is 1. The van der Waals surface area contributed by atoms with Crippen molar-refractivity contribution in [3.8, 4) is 11.3 Å². The van der Waals surface area contributed by atoms with Crippen molar-refractivity contribution < 1.29 is 9.84 Å². The maximum absolute atomic E-state index is 12.5. The molecule has 3 rings (SSSR count). The van der Waals surface area contributed by atoms with Gasteiger partial charge in [-0.25, -0.2) is 0 Å². The number of nitrogens with zero attached hydrogens (tertiary/aromatic N) is 1. The molecule has 2 aromatic rings. The fourth-order valence-corrected chi connectivity index (χ4v) is 2.78. The average molecular weight is 285 g/mol. The number of rotatable bonds is 4. The zero-order chi connectivity index (χ0) is 14.7. The molecule has 0 aliphatic carbocycles. The van der Waals surface area contributed by atoms with Gasteiger partial charge in [-0.1, -0.05) is 30.3 Å². The Balaban J connectivity index is 2.06. The molecule has 1 atom stereocenters. The van der Waals surface area contributed by atoms with Crippen LogP contribution in [0.15, 0.2) is 47.3 Å². The molecule has 2 heterocycles. The molecule has 4 heteroatoms. The smallest absolute Gasteiger partial charge is 0.256 e. The van der Waals surface area contributed by atoms with Crippen LogP contribution >= 0.6 is 0 Å². The van der Waals surface area contributed by atoms with Gasteiger partial charge in [0, 0.05) is 12.2 Å². The predicted molar refractivity (Wildman–Crippen MR) is 81.0 cm³/mol. The first-order valence-corrected chi connectivity index (χ1v) is 7.30. The summed E-state index contributed by atoms with van der Waals surface area (Å²) < 4.78 is 7.39. The largest absolute Gasteiger partial charge is 0.391 e. The van der Waals surface area contributed by atoms with Crippen molar-refractivity contribution >= 4 is 0 Å². The van der Waals surface area contributed by atoms with Crippen LogP contribution in [-0.2, 0) is 17.9 Å². The molecule has 0 amide bonds. The molecule has 4 nitrogen and oxygen atoms in total. The minimum absolute atomic E-state index is 0.0825. The Morgan fingerprint density at radius 1 is 1.19 bits per heavy atom. The topological polar surface area (TPSA) is 51.5 Å². The summed E-state index contributed by atoms with van der Waals surface area (Å²) in [5, 5.41) is 9.32. The number of aliphatic hydroxyl groups excluding tert-OH is 1. The highest BCUT2D eigenvalue weighted by atomic mass is 16.5. The van der Waals surface area contributed by atoms with Crippen molar-refractivity contribution in [2.24, 2.45) is 0 Å². The lowest BCUT2D eigenvalue weighted by Crippen LogP contribution is -2.29. The molecule has 0 bridgehead atoms. The Bertz CT molecular complexity index is 657. The predicted octanol–water partition coefficient (Wildman–Crippen LogP) is 2.19. The Hall–Kier alpha value is -1.91. The monoisotopic (exact) mass is 285 g/mol. The van der Waals surface area contributed by atoms with Crippen LogP contribution in [-0.4, -0.2) is 22.4 Å². The van der Waals surface area contributed by atoms with Crippen molar-refractivity contribution in [3.63, 3.8) is 0 Å². The molecule has 21 heavy (non-hydrogen) atoms. The number of hydrogen-bond acceptors (Lipinski definition) is 3. The van der Waals surface area contributed by atoms with Gasteiger partial charge in [0.25, 0.3) is 5.56 Å². The van der Waals surface area contributed by atoms with Crippen LogP contribution in [0, 0.1) is 0 Å². The summed E-state index contributed by atoms with van der Waals surface area (Å²) in [6, 6.07) is 13.4. The summed E-state index contributed by atoms with van der Waals surface area (Å²) in [6.45, 7) is 1.07. The second-order valence-corrected chi connectivity index (χ2v) is 5.32. The van der Waals surface area contributed by atoms with Gasteiger partial charge in [0.05, 0.1) is 24.9 Å². The van der Waals surface area contributed by atoms with E-state index in [4.69, 9.17) is 4.74 Å². The standard InChI is InChI=1S/C17H19NO3/c19-12-14-8-9-16(13-5-2-1-3-6-13)18(17(14)20)11-15-7-4-10-21-15/h1-3,5-6,8-9,15,19H,4,7,10-12H2. The first-order valence-electron chi connectivity index (χ1n) is 7.30. The van der Waals surface area contributed by atoms with Gasteiger partial charge < -0.3 is 14.4 Å². The molecule has 1 saturated heterocycles. The number of benzene rings is 1. The van der Waals surface area contributed by atoms with E-state index in [-0.39, 0.29) is 18.3 Å². The highest BCUT2D eigenvalue weighted by molar-refractivity contribution is 5.59. The van der Waals surface area contributed by atoms with Crippen molar-refractivity contribution in [3.05, 3.63) is 58.4 Å². The van der Waals surface area contributed by atoms with Crippen LogP contribution < -0.4 is 5.56 Å². The molecular weight excluding hydrogens is 266 g/mol. The van der Waals surface area contributed by atoms with Gasteiger partial charge in [-0.3, -0.25) is 4.79 Å². The third-order valence-electron chi connectivity index (χ3n) is 3.90. The lowest BCUT2D eigenvalue weighted by atomic mass is 10.1. The molecule has 0 saturated carbocycles. The lowest BCUT2D eigenvalue weighted by molar-refractivity contribution is 0.0963. The second-order valence-electron chi connectivity index (χ2n) is 5.32. The fraction of sp³-hybridized carbons (Fsp3) is 0.353. The zero-order valence-electron chi connectivity index (χ0n) is 11.9. The summed E-state index contributed by atoms with van der Waals surface area (Å²) in [6.07, 6.45) is 2.10. The highest BCUT2D eigenvalue weighted by Crippen LogP contribution is 2.21. The minimum atomic E-state index is -0.237. The first-order chi connectivity index (χ1) is 10.3. The molecule has 1 aliphatic rings. The van der Waals surface area contributed by atoms with Gasteiger partial charge in [0.2, 0.25) is 0 Å². The molecule has 1 aromatic carbocycles. The number of aromatic nitrogens is 1. The fourth-order valence-electron chi connectivity index (χ4n) is 2.78. The minimum Gasteiger partial charge on any atom is -0.391 e. The normalized spacial score (nSPS) is 18.0. The summed E-state index contributed by atoms with van der Waals surface area (Å²) in [7, 11) is 0. The van der Waals surface area contributed by atoms with Gasteiger partial charge in [-0.2, -0.15) is 0 Å². The van der Waals surface area contributed by atoms with Crippen LogP contribution in [0.1, 0.15) is 18.4 Å². The Morgan fingerprint density at radius 3 is 2.67 bits per heavy atom. The third kappa shape index (κ3) is 2.91. The van der Waals surface area contributed by atoms with E-state index in [1.54, 1.807) is 10.6 Å². The van der Waals surface area contributed by atoms with E-state index in [0.717, 1.165) is 30.7 Å². The Morgan fingerprint density at radius 2 is 2.00 bits per heavy atom. The van der Waals surface area contributed by atoms with Crippen LogP contribution in [0.2, 0.25) is 0 Å². The maximum Gasteiger partial charge on any atom is 0.256 e. The van der Waals surface area contributed by atoms with Crippen molar-refractivity contribution in [2.45, 2.75) is 32.1 Å². The quantitative estimate of drug-likeness (QED) is 0.937. The summed E-state index contributed by atoms with van der Waals surface area (Å²) >= 11 is 0. The molecule has 1 N–H and O–H groups in total. The van der Waals surface area contributed by atoms with Gasteiger partial charge in [-0.15, -0.1) is 0 Å². The van der Waals surface area contributed by atoms with E-state index >= 15 is 0 Å². The van der Waals surface area contributed by atoms with Crippen LogP contribution in [0.3, 0.4) is 0 Å². The molecular formula is C17H19NO3. The Labute approximate surface area is 123 Å². The zero-order valence-corrected chi connectivity index (χ0v) is 11.9. The van der Waals surface area contributed by atoms with Crippen molar-refractivity contribution in [1.82, 2.24) is 4.57 Å². The molecule has 110 valence electrons. The molecule has 1 aromatic heterocycles. The van der Waals surface area contributed by atoms with E-state index in [1.165, 1.54) is 0 Å². The van der Waals surface area contributed by atoms with E-state index in [1.807, 2.05) is 36.4 Å². The van der Waals surface area contributed by atoms with Gasteiger partial charge in [0.15, 0.2) is 0 Å². The number of ether oxygens (including phenoxy) is 1. The van der Waals surface area contributed by atoms with Crippen molar-refractivity contribution in [1.29, 1.82) is 0 Å². The van der Waals surface area contributed by atoms with E-state index in [0.29, 0.717) is 12.1 Å². The van der Waals surface area contributed by atoms with E-state index in [2.05, 4.69) is 0 Å². The average Bonchev–Trinajstić information content (AvgIpc) is 3.03. The Kier molecular flexibility index (Phi) is 4.18. The maximum atomic E-state index is 12.5. The van der Waals surface area contributed by atoms with E-state index in [9.17, 15) is 9.90 Å². The molecule has 0 radical (unpaired) electrons. The molecule has 1 fully saturated rings. The highest BCUT2D eigenvalue weighted by Gasteiger charge is 2.19. The lowest BCUT2D eigenvalue weighted by Gasteiger charge is -2.17. The van der Waals surface area contributed by atoms with Crippen LogP contribution in [0.5, 0.6) is 0 Å². The molecule has 0 spiro atoms. The molecule has 1 aliphatic heterocycles. The third-order valence-corrected chi connectivity index (χ3v) is 3.90. The van der Waals surface area contributed by atoms with Gasteiger partial charge >= 0.3 is 0 Å². The first kappa shape index (κ1) is 14.0. The van der Waals surface area contributed by atoms with Crippen LogP contribution in [0.25, 0.3) is 11.3 Å². The number of hydrogen-bond donors (Lipinski definition) is 1. The summed E-state index contributed by atoms with van der Waals surface area (Å²) in [5.74, 6) is 0. The molecule has 1 unspecified atom stereocenters. The SMILES string of the molecule is O=c1c(CO)ccc(-c2ccccc2)n1CC1CCCO1. The second kappa shape index (κ2) is 6.24. The van der Waals surface area contributed by atoms with E-state index < -0.39 is 0 Å². The van der Waals surface area contributed by atoms with Crippen molar-refractivity contribution in [2.75, 3.05) is 6.61 Å². The summed E-state index contributed by atoms with van der Waals surface area (Å²) in [5.41, 5.74) is 2.16.